The molecule has 0 saturated heterocycles. The van der Waals surface area contributed by atoms with Gasteiger partial charge in [-0.25, -0.2) is 0 Å². The lowest BCUT2D eigenvalue weighted by Gasteiger charge is -2.20. The molecule has 0 radical (unpaired) electrons. The van der Waals surface area contributed by atoms with Gasteiger partial charge in [-0.1, -0.05) is 0 Å². The molecule has 0 N–H and O–H groups in total. The molecule has 12 heavy (non-hydrogen) atoms. The standard InChI is InChI=1S/C8H12N4/c1-11(2)8-7-3-4-10-12(7)6-5-9-8/h3-4H,5-6H2,1-2H3. The van der Waals surface area contributed by atoms with E-state index >= 15 is 0 Å². The minimum absolute atomic E-state index is 0.836. The molecule has 0 saturated carbocycles. The van der Waals surface area contributed by atoms with Gasteiger partial charge in [0.2, 0.25) is 0 Å². The van der Waals surface area contributed by atoms with Crippen molar-refractivity contribution >= 4 is 5.84 Å². The molecule has 0 atom stereocenters. The second-order valence-electron chi connectivity index (χ2n) is 3.04. The van der Waals surface area contributed by atoms with Crippen LogP contribution in [0.2, 0.25) is 0 Å². The van der Waals surface area contributed by atoms with E-state index < -0.39 is 0 Å². The molecule has 2 heterocycles. The molecule has 1 aromatic rings. The van der Waals surface area contributed by atoms with Crippen molar-refractivity contribution < 1.29 is 0 Å². The van der Waals surface area contributed by atoms with Gasteiger partial charge in [-0.15, -0.1) is 0 Å². The maximum atomic E-state index is 4.42. The van der Waals surface area contributed by atoms with Gasteiger partial charge in [0, 0.05) is 20.3 Å². The summed E-state index contributed by atoms with van der Waals surface area (Å²) in [5, 5.41) is 4.20. The molecule has 4 heteroatoms. The van der Waals surface area contributed by atoms with Crippen molar-refractivity contribution in [2.24, 2.45) is 4.99 Å². The summed E-state index contributed by atoms with van der Waals surface area (Å²) in [6.07, 6.45) is 1.82. The van der Waals surface area contributed by atoms with Crippen LogP contribution in [0.25, 0.3) is 0 Å². The molecule has 4 nitrogen and oxygen atoms in total. The molecule has 0 fully saturated rings. The smallest absolute Gasteiger partial charge is 0.149 e. The molecule has 1 aromatic heterocycles. The Morgan fingerprint density at radius 2 is 2.33 bits per heavy atom. The molecule has 64 valence electrons. The Labute approximate surface area is 71.5 Å². The van der Waals surface area contributed by atoms with Crippen molar-refractivity contribution in [2.75, 3.05) is 20.6 Å². The zero-order valence-electron chi connectivity index (χ0n) is 7.36. The van der Waals surface area contributed by atoms with Crippen LogP contribution in [0.3, 0.4) is 0 Å². The SMILES string of the molecule is CN(C)C1=NCCn2nccc21. The summed E-state index contributed by atoms with van der Waals surface area (Å²) in [5.74, 6) is 1.03. The van der Waals surface area contributed by atoms with Gasteiger partial charge >= 0.3 is 0 Å². The Balaban J connectivity index is 2.43. The van der Waals surface area contributed by atoms with Crippen molar-refractivity contribution in [1.82, 2.24) is 14.7 Å². The maximum absolute atomic E-state index is 4.42. The average molecular weight is 164 g/mol. The highest BCUT2D eigenvalue weighted by molar-refractivity contribution is 5.97. The topological polar surface area (TPSA) is 33.4 Å². The number of fused-ring (bicyclic) bond motifs is 1. The Morgan fingerprint density at radius 1 is 1.50 bits per heavy atom. The molecule has 0 spiro atoms. The summed E-state index contributed by atoms with van der Waals surface area (Å²) < 4.78 is 1.99. The van der Waals surface area contributed by atoms with E-state index in [0.717, 1.165) is 24.6 Å². The van der Waals surface area contributed by atoms with Gasteiger partial charge in [-0.05, 0) is 6.07 Å². The van der Waals surface area contributed by atoms with E-state index in [4.69, 9.17) is 0 Å². The number of aromatic nitrogens is 2. The summed E-state index contributed by atoms with van der Waals surface area (Å²) in [7, 11) is 4.00. The van der Waals surface area contributed by atoms with Crippen molar-refractivity contribution in [1.29, 1.82) is 0 Å². The van der Waals surface area contributed by atoms with Crippen LogP contribution in [-0.4, -0.2) is 41.2 Å². The van der Waals surface area contributed by atoms with Crippen LogP contribution in [0.5, 0.6) is 0 Å². The third-order valence-corrected chi connectivity index (χ3v) is 1.94. The first-order valence-corrected chi connectivity index (χ1v) is 4.03. The first-order chi connectivity index (χ1) is 5.79. The minimum atomic E-state index is 0.836. The number of nitrogens with zero attached hydrogens (tertiary/aromatic N) is 4. The highest BCUT2D eigenvalue weighted by Gasteiger charge is 2.14. The second kappa shape index (κ2) is 2.62. The Morgan fingerprint density at radius 3 is 3.08 bits per heavy atom. The number of aliphatic imine (C=N–C) groups is 1. The van der Waals surface area contributed by atoms with E-state index in [-0.39, 0.29) is 0 Å². The molecule has 0 bridgehead atoms. The van der Waals surface area contributed by atoms with Crippen LogP contribution >= 0.6 is 0 Å². The van der Waals surface area contributed by atoms with Gasteiger partial charge in [0.15, 0.2) is 0 Å². The van der Waals surface area contributed by atoms with Crippen LogP contribution < -0.4 is 0 Å². The third-order valence-electron chi connectivity index (χ3n) is 1.94. The Hall–Kier alpha value is -1.32. The van der Waals surface area contributed by atoms with Crippen molar-refractivity contribution in [3.05, 3.63) is 18.0 Å². The summed E-state index contributed by atoms with van der Waals surface area (Å²) in [6.45, 7) is 1.74. The predicted octanol–water partition coefficient (Wildman–Crippen LogP) is 0.205. The first-order valence-electron chi connectivity index (χ1n) is 4.03. The van der Waals surface area contributed by atoms with E-state index in [2.05, 4.69) is 10.1 Å². The fourth-order valence-corrected chi connectivity index (χ4v) is 1.40. The van der Waals surface area contributed by atoms with Gasteiger partial charge in [0.05, 0.1) is 13.1 Å². The number of amidine groups is 1. The van der Waals surface area contributed by atoms with Gasteiger partial charge in [0.1, 0.15) is 11.5 Å². The Bertz CT molecular complexity index is 311. The van der Waals surface area contributed by atoms with E-state index in [9.17, 15) is 0 Å². The fraction of sp³-hybridized carbons (Fsp3) is 0.500. The molecule has 2 rings (SSSR count). The fourth-order valence-electron chi connectivity index (χ4n) is 1.40. The lowest BCUT2D eigenvalue weighted by Crippen LogP contribution is -2.30. The van der Waals surface area contributed by atoms with Crippen LogP contribution in [0.1, 0.15) is 5.69 Å². The van der Waals surface area contributed by atoms with Crippen molar-refractivity contribution in [3.8, 4) is 0 Å². The third kappa shape index (κ3) is 0.995. The predicted molar refractivity (Wildman–Crippen MR) is 47.3 cm³/mol. The quantitative estimate of drug-likeness (QED) is 0.549. The normalized spacial score (nSPS) is 15.3. The van der Waals surface area contributed by atoms with Crippen LogP contribution in [0.4, 0.5) is 0 Å². The largest absolute Gasteiger partial charge is 0.361 e. The van der Waals surface area contributed by atoms with Gasteiger partial charge in [-0.3, -0.25) is 9.67 Å². The zero-order chi connectivity index (χ0) is 8.55. The second-order valence-corrected chi connectivity index (χ2v) is 3.04. The van der Waals surface area contributed by atoms with E-state index in [1.54, 1.807) is 0 Å². The zero-order valence-corrected chi connectivity index (χ0v) is 7.36. The molecule has 0 amide bonds. The maximum Gasteiger partial charge on any atom is 0.149 e. The highest BCUT2D eigenvalue weighted by Crippen LogP contribution is 2.07. The molecular weight excluding hydrogens is 152 g/mol. The van der Waals surface area contributed by atoms with Gasteiger partial charge < -0.3 is 4.90 Å². The molecule has 1 aliphatic heterocycles. The first kappa shape index (κ1) is 7.34. The lowest BCUT2D eigenvalue weighted by molar-refractivity contribution is 0.554. The van der Waals surface area contributed by atoms with Crippen LogP contribution in [-0.2, 0) is 6.54 Å². The van der Waals surface area contributed by atoms with E-state index in [0.29, 0.717) is 0 Å². The summed E-state index contributed by atoms with van der Waals surface area (Å²) in [4.78, 5) is 6.44. The molecular formula is C8H12N4. The molecule has 0 aromatic carbocycles. The average Bonchev–Trinajstić information content (AvgIpc) is 2.49. The monoisotopic (exact) mass is 164 g/mol. The van der Waals surface area contributed by atoms with Crippen LogP contribution in [0.15, 0.2) is 17.3 Å². The van der Waals surface area contributed by atoms with Crippen molar-refractivity contribution in [3.63, 3.8) is 0 Å². The number of rotatable bonds is 0. The Kier molecular flexibility index (Phi) is 1.60. The summed E-state index contributed by atoms with van der Waals surface area (Å²) >= 11 is 0. The van der Waals surface area contributed by atoms with E-state index in [1.807, 2.05) is 35.9 Å². The summed E-state index contributed by atoms with van der Waals surface area (Å²) in [6, 6.07) is 2.00. The number of hydrogen-bond donors (Lipinski definition) is 0. The molecule has 0 aliphatic carbocycles. The summed E-state index contributed by atoms with van der Waals surface area (Å²) in [5.41, 5.74) is 1.12. The van der Waals surface area contributed by atoms with Gasteiger partial charge in [-0.2, -0.15) is 5.10 Å². The van der Waals surface area contributed by atoms with Crippen LogP contribution in [0, 0.1) is 0 Å². The lowest BCUT2D eigenvalue weighted by atomic mass is 10.3. The van der Waals surface area contributed by atoms with Crippen molar-refractivity contribution in [2.45, 2.75) is 6.54 Å². The minimum Gasteiger partial charge on any atom is -0.361 e. The van der Waals surface area contributed by atoms with E-state index in [1.165, 1.54) is 0 Å². The molecule has 1 aliphatic rings. The molecule has 0 unspecified atom stereocenters. The number of hydrogen-bond acceptors (Lipinski definition) is 3. The highest BCUT2D eigenvalue weighted by atomic mass is 15.3. The van der Waals surface area contributed by atoms with Gasteiger partial charge in [0.25, 0.3) is 0 Å².